The van der Waals surface area contributed by atoms with Gasteiger partial charge in [-0.05, 0) is 36.4 Å². The van der Waals surface area contributed by atoms with E-state index in [0.29, 0.717) is 43.9 Å². The van der Waals surface area contributed by atoms with Gasteiger partial charge in [0.15, 0.2) is 11.7 Å². The number of nitrogens with two attached hydrogens (primary N) is 2. The molecule has 1 aromatic carbocycles. The van der Waals surface area contributed by atoms with Crippen LogP contribution >= 0.6 is 20.8 Å². The van der Waals surface area contributed by atoms with Crippen LogP contribution in [-0.2, 0) is 38.9 Å². The highest BCUT2D eigenvalue weighted by Crippen LogP contribution is 2.34. The first-order valence-corrected chi connectivity index (χ1v) is 13.4. The summed E-state index contributed by atoms with van der Waals surface area (Å²) in [6, 6.07) is 4.72. The zero-order chi connectivity index (χ0) is 28.1. The van der Waals surface area contributed by atoms with E-state index in [2.05, 4.69) is 16.9 Å². The Morgan fingerprint density at radius 2 is 1.89 bits per heavy atom. The Labute approximate surface area is 226 Å². The van der Waals surface area contributed by atoms with Gasteiger partial charge in [0.05, 0.1) is 5.69 Å². The van der Waals surface area contributed by atoms with Gasteiger partial charge in [0.25, 0.3) is 0 Å². The van der Waals surface area contributed by atoms with E-state index in [1.807, 2.05) is 23.1 Å². The maximum Gasteiger partial charge on any atom is 0.224 e. The van der Waals surface area contributed by atoms with E-state index < -0.39 is 16.8 Å². The molecule has 37 heavy (non-hydrogen) atoms. The van der Waals surface area contributed by atoms with Gasteiger partial charge in [-0.3, -0.25) is 0 Å². The Kier molecular flexibility index (Phi) is 14.6. The topological polar surface area (TPSA) is 113 Å². The van der Waals surface area contributed by atoms with Gasteiger partial charge in [-0.25, -0.2) is 18.7 Å². The summed E-state index contributed by atoms with van der Waals surface area (Å²) >= 11 is 5.71. The molecule has 1 aliphatic rings. The van der Waals surface area contributed by atoms with Crippen molar-refractivity contribution in [2.45, 2.75) is 70.3 Å². The lowest BCUT2D eigenvalue weighted by Crippen LogP contribution is -2.39. The van der Waals surface area contributed by atoms with Gasteiger partial charge in [0, 0.05) is 50.8 Å². The zero-order valence-electron chi connectivity index (χ0n) is 22.2. The number of carbonyl (C=O) groups is 1. The Morgan fingerprint density at radius 1 is 1.24 bits per heavy atom. The number of rotatable bonds is 8. The third-order valence-electron chi connectivity index (χ3n) is 6.10. The van der Waals surface area contributed by atoms with Gasteiger partial charge in [-0.15, -0.1) is 0 Å². The summed E-state index contributed by atoms with van der Waals surface area (Å²) in [4.78, 5) is 18.6. The monoisotopic (exact) mass is 560 g/mol. The lowest BCUT2D eigenvalue weighted by molar-refractivity contribution is -0.139. The van der Waals surface area contributed by atoms with Crippen LogP contribution in [0.2, 0.25) is 5.28 Å². The van der Waals surface area contributed by atoms with Gasteiger partial charge in [0.1, 0.15) is 17.2 Å². The summed E-state index contributed by atoms with van der Waals surface area (Å²) in [7, 11) is 3.52. The van der Waals surface area contributed by atoms with Crippen LogP contribution in [0.15, 0.2) is 18.2 Å². The maximum atomic E-state index is 13.7. The Balaban J connectivity index is 0.000000281. The van der Waals surface area contributed by atoms with Crippen LogP contribution in [0.25, 0.3) is 0 Å². The second-order valence-electron chi connectivity index (χ2n) is 8.60. The molecule has 2 aromatic rings. The number of nitrogens with zero attached hydrogens (tertiary/aromatic N) is 2. The Hall–Kier alpha value is -1.77. The fourth-order valence-corrected chi connectivity index (χ4v) is 4.13. The smallest absolute Gasteiger partial charge is 0.224 e. The van der Waals surface area contributed by atoms with Crippen molar-refractivity contribution in [1.29, 1.82) is 0 Å². The zero-order valence-corrected chi connectivity index (χ0v) is 24.1. The Bertz CT molecular complexity index is 993. The second kappa shape index (κ2) is 16.2. The van der Waals surface area contributed by atoms with Gasteiger partial charge < -0.3 is 25.7 Å². The first-order valence-electron chi connectivity index (χ1n) is 12.4. The predicted molar refractivity (Wildman–Crippen MR) is 148 cm³/mol. The fourth-order valence-electron chi connectivity index (χ4n) is 3.72. The van der Waals surface area contributed by atoms with Crippen LogP contribution in [0, 0.1) is 5.82 Å². The molecular formula is C26H40ClF2N4O3P. The summed E-state index contributed by atoms with van der Waals surface area (Å²) in [5.41, 5.74) is 13.0. The van der Waals surface area contributed by atoms with Gasteiger partial charge >= 0.3 is 0 Å². The first kappa shape index (κ1) is 33.3. The molecule has 1 aliphatic heterocycles. The molecule has 1 saturated heterocycles. The van der Waals surface area contributed by atoms with Crippen molar-refractivity contribution in [1.82, 2.24) is 9.97 Å². The summed E-state index contributed by atoms with van der Waals surface area (Å²) in [6.45, 7) is 6.99. The van der Waals surface area contributed by atoms with Crippen molar-refractivity contribution in [3.63, 3.8) is 0 Å². The quantitative estimate of drug-likeness (QED) is 0.267. The van der Waals surface area contributed by atoms with Gasteiger partial charge in [-0.1, -0.05) is 54.6 Å². The lowest BCUT2D eigenvalue weighted by atomic mass is 9.96. The van der Waals surface area contributed by atoms with Crippen molar-refractivity contribution in [2.75, 3.05) is 32.6 Å². The number of carbonyl (C=O) groups excluding carboxylic acids is 1. The molecule has 2 unspecified atom stereocenters. The Morgan fingerprint density at radius 3 is 2.35 bits per heavy atom. The number of alkyl halides is 1. The van der Waals surface area contributed by atoms with E-state index in [1.54, 1.807) is 19.2 Å². The number of hydrogen-bond donors (Lipinski definition) is 2. The molecule has 1 aromatic heterocycles. The number of methoxy groups -OCH3 is 1. The SMILES string of the molecule is CCCc1nc(Cl)nc(N)c1CC.CCc1cccc(C(F)(P)CN)c1F.COC1(C=O)CCOCC1. The normalized spacial score (nSPS) is 15.9. The van der Waals surface area contributed by atoms with Crippen molar-refractivity contribution in [2.24, 2.45) is 5.73 Å². The lowest BCUT2D eigenvalue weighted by Gasteiger charge is -2.30. The number of aldehydes is 1. The molecule has 7 nitrogen and oxygen atoms in total. The minimum atomic E-state index is -1.87. The van der Waals surface area contributed by atoms with E-state index in [0.717, 1.165) is 36.8 Å². The molecule has 0 bridgehead atoms. The molecule has 0 saturated carbocycles. The van der Waals surface area contributed by atoms with E-state index in [-0.39, 0.29) is 17.4 Å². The third-order valence-corrected chi connectivity index (χ3v) is 6.82. The number of hydrogen-bond acceptors (Lipinski definition) is 7. The fraction of sp³-hybridized carbons (Fsp3) is 0.577. The number of aromatic nitrogens is 2. The number of benzene rings is 1. The van der Waals surface area contributed by atoms with Crippen molar-refractivity contribution < 1.29 is 23.0 Å². The highest BCUT2D eigenvalue weighted by Gasteiger charge is 2.31. The first-order chi connectivity index (χ1) is 17.5. The number of nitrogen functional groups attached to an aromatic ring is 1. The van der Waals surface area contributed by atoms with E-state index >= 15 is 0 Å². The highest BCUT2D eigenvalue weighted by molar-refractivity contribution is 7.18. The molecule has 0 spiro atoms. The summed E-state index contributed by atoms with van der Waals surface area (Å²) in [5.74, 6) is 0.0314. The second-order valence-corrected chi connectivity index (χ2v) is 9.86. The standard InChI is InChI=1S/C10H14F2NP.C9H14ClN3.C7H12O3/c1-2-7-4-3-5-8(9(7)11)10(12,14)6-13;1-3-5-7-6(4-2)8(11)13-9(10)12-7;1-9-7(6-8)2-4-10-5-3-7/h3-5H,2,6,13-14H2,1H3;3-5H2,1-2H3,(H2,11,12,13);6H,2-5H2,1H3. The summed E-state index contributed by atoms with van der Waals surface area (Å²) in [5, 5.41) is -1.62. The molecule has 2 atom stereocenters. The van der Waals surface area contributed by atoms with Crippen LogP contribution < -0.4 is 11.5 Å². The molecule has 1 fully saturated rings. The number of aryl methyl sites for hydroxylation is 2. The summed E-state index contributed by atoms with van der Waals surface area (Å²) in [6.07, 6.45) is 5.62. The minimum Gasteiger partial charge on any atom is -0.383 e. The number of ether oxygens (including phenoxy) is 2. The van der Waals surface area contributed by atoms with E-state index in [4.69, 9.17) is 32.5 Å². The molecule has 3 rings (SSSR count). The van der Waals surface area contributed by atoms with Gasteiger partial charge in [0.2, 0.25) is 5.28 Å². The molecule has 0 aliphatic carbocycles. The van der Waals surface area contributed by atoms with Crippen LogP contribution in [-0.4, -0.2) is 48.7 Å². The van der Waals surface area contributed by atoms with Crippen LogP contribution in [0.4, 0.5) is 14.6 Å². The summed E-state index contributed by atoms with van der Waals surface area (Å²) < 4.78 is 37.5. The largest absolute Gasteiger partial charge is 0.383 e. The third kappa shape index (κ3) is 9.80. The average molecular weight is 561 g/mol. The number of anilines is 1. The minimum absolute atomic E-state index is 0.0179. The van der Waals surface area contributed by atoms with E-state index in [1.165, 1.54) is 6.07 Å². The highest BCUT2D eigenvalue weighted by atomic mass is 35.5. The van der Waals surface area contributed by atoms with Crippen LogP contribution in [0.5, 0.6) is 0 Å². The van der Waals surface area contributed by atoms with Crippen molar-refractivity contribution in [3.8, 4) is 0 Å². The molecule has 0 amide bonds. The van der Waals surface area contributed by atoms with Crippen LogP contribution in [0.3, 0.4) is 0 Å². The molecule has 208 valence electrons. The van der Waals surface area contributed by atoms with Crippen molar-refractivity contribution >= 4 is 32.9 Å². The van der Waals surface area contributed by atoms with Gasteiger partial charge in [-0.2, -0.15) is 0 Å². The number of halogens is 3. The average Bonchev–Trinajstić information content (AvgIpc) is 2.90. The maximum absolute atomic E-state index is 13.7. The molecule has 2 heterocycles. The van der Waals surface area contributed by atoms with Crippen molar-refractivity contribution in [3.05, 3.63) is 51.7 Å². The molecule has 11 heteroatoms. The van der Waals surface area contributed by atoms with Crippen LogP contribution in [0.1, 0.15) is 62.4 Å². The van der Waals surface area contributed by atoms with E-state index in [9.17, 15) is 13.6 Å². The predicted octanol–water partition coefficient (Wildman–Crippen LogP) is 4.95. The molecule has 4 N–H and O–H groups in total. The molecular weight excluding hydrogens is 521 g/mol. The molecule has 0 radical (unpaired) electrons.